The largest absolute Gasteiger partial charge is 0.250 e. The van der Waals surface area contributed by atoms with E-state index in [0.29, 0.717) is 10.6 Å². The minimum absolute atomic E-state index is 0.167. The van der Waals surface area contributed by atoms with Gasteiger partial charge in [0, 0.05) is 29.4 Å². The lowest BCUT2D eigenvalue weighted by Crippen LogP contribution is -2.26. The van der Waals surface area contributed by atoms with Crippen molar-refractivity contribution in [2.45, 2.75) is 24.2 Å². The van der Waals surface area contributed by atoms with E-state index < -0.39 is 10.0 Å². The van der Waals surface area contributed by atoms with Crippen molar-refractivity contribution >= 4 is 44.6 Å². The van der Waals surface area contributed by atoms with Crippen LogP contribution in [0.3, 0.4) is 0 Å². The molecule has 21 heavy (non-hydrogen) atoms. The molecule has 0 saturated carbocycles. The van der Waals surface area contributed by atoms with Gasteiger partial charge in [0.1, 0.15) is 0 Å². The number of aromatic nitrogens is 1. The Morgan fingerprint density at radius 3 is 2.67 bits per heavy atom. The molecule has 0 bridgehead atoms. The van der Waals surface area contributed by atoms with Crippen molar-refractivity contribution in [2.75, 3.05) is 7.05 Å². The molecule has 4 nitrogen and oxygen atoms in total. The molecule has 114 valence electrons. The Bertz CT molecular complexity index is 744. The minimum atomic E-state index is -3.59. The Morgan fingerprint density at radius 2 is 2.10 bits per heavy atom. The van der Waals surface area contributed by atoms with Crippen molar-refractivity contribution in [1.29, 1.82) is 0 Å². The summed E-state index contributed by atoms with van der Waals surface area (Å²) in [4.78, 5) is 5.24. The second-order valence-electron chi connectivity index (χ2n) is 4.51. The molecule has 0 aliphatic heterocycles. The van der Waals surface area contributed by atoms with Crippen LogP contribution in [0.5, 0.6) is 0 Å². The van der Waals surface area contributed by atoms with E-state index in [4.69, 9.17) is 23.2 Å². The van der Waals surface area contributed by atoms with E-state index in [1.807, 2.05) is 6.92 Å². The average Bonchev–Trinajstić information content (AvgIpc) is 2.84. The van der Waals surface area contributed by atoms with Crippen molar-refractivity contribution < 1.29 is 8.42 Å². The Balaban J connectivity index is 2.31. The molecule has 0 aliphatic rings. The lowest BCUT2D eigenvalue weighted by atomic mass is 10.2. The molecule has 0 fully saturated rings. The number of nitrogens with zero attached hydrogens (tertiary/aromatic N) is 2. The van der Waals surface area contributed by atoms with Gasteiger partial charge in [0.15, 0.2) is 0 Å². The number of aryl methyl sites for hydroxylation is 1. The SMILES string of the molecule is Cc1ncsc1CN(C)S(=O)(=O)c1ccc(Cl)c(CCl)c1. The summed E-state index contributed by atoms with van der Waals surface area (Å²) in [7, 11) is -2.04. The summed E-state index contributed by atoms with van der Waals surface area (Å²) in [6.45, 7) is 2.15. The van der Waals surface area contributed by atoms with Crippen molar-refractivity contribution in [2.24, 2.45) is 0 Å². The quantitative estimate of drug-likeness (QED) is 0.760. The third-order valence-corrected chi connectivity index (χ3v) is 6.46. The van der Waals surface area contributed by atoms with Crippen LogP contribution in [0.2, 0.25) is 5.02 Å². The predicted molar refractivity (Wildman–Crippen MR) is 86.5 cm³/mol. The van der Waals surface area contributed by atoms with Gasteiger partial charge in [-0.25, -0.2) is 13.4 Å². The van der Waals surface area contributed by atoms with Gasteiger partial charge in [-0.1, -0.05) is 11.6 Å². The second kappa shape index (κ2) is 6.62. The molecule has 0 aliphatic carbocycles. The topological polar surface area (TPSA) is 50.3 Å². The summed E-state index contributed by atoms with van der Waals surface area (Å²) in [6, 6.07) is 4.56. The molecule has 0 unspecified atom stereocenters. The molecule has 0 atom stereocenters. The maximum absolute atomic E-state index is 12.6. The fraction of sp³-hybridized carbons (Fsp3) is 0.308. The molecule has 1 aromatic heterocycles. The zero-order valence-corrected chi connectivity index (χ0v) is 14.7. The van der Waals surface area contributed by atoms with E-state index in [-0.39, 0.29) is 17.3 Å². The number of benzene rings is 1. The highest BCUT2D eigenvalue weighted by Gasteiger charge is 2.23. The molecule has 1 aromatic carbocycles. The van der Waals surface area contributed by atoms with E-state index >= 15 is 0 Å². The van der Waals surface area contributed by atoms with Gasteiger partial charge < -0.3 is 0 Å². The molecule has 2 rings (SSSR count). The van der Waals surface area contributed by atoms with Gasteiger partial charge in [-0.3, -0.25) is 0 Å². The van der Waals surface area contributed by atoms with Crippen molar-refractivity contribution in [1.82, 2.24) is 9.29 Å². The van der Waals surface area contributed by atoms with Crippen LogP contribution >= 0.6 is 34.5 Å². The van der Waals surface area contributed by atoms with Crippen LogP contribution in [-0.4, -0.2) is 24.8 Å². The lowest BCUT2D eigenvalue weighted by molar-refractivity contribution is 0.468. The summed E-state index contributed by atoms with van der Waals surface area (Å²) in [5.74, 6) is 0.167. The van der Waals surface area contributed by atoms with Gasteiger partial charge in [-0.05, 0) is 30.7 Å². The fourth-order valence-corrected chi connectivity index (χ4v) is 4.33. The number of thiazole rings is 1. The van der Waals surface area contributed by atoms with Crippen LogP contribution in [0.15, 0.2) is 28.6 Å². The van der Waals surface area contributed by atoms with Crippen LogP contribution in [0.4, 0.5) is 0 Å². The highest BCUT2D eigenvalue weighted by molar-refractivity contribution is 7.89. The normalized spacial score (nSPS) is 12.0. The highest BCUT2D eigenvalue weighted by Crippen LogP contribution is 2.25. The predicted octanol–water partition coefficient (Wildman–Crippen LogP) is 3.66. The van der Waals surface area contributed by atoms with Crippen molar-refractivity contribution in [3.63, 3.8) is 0 Å². The molecule has 2 aromatic rings. The zero-order chi connectivity index (χ0) is 15.6. The number of alkyl halides is 1. The second-order valence-corrected chi connectivity index (χ2v) is 8.17. The average molecular weight is 365 g/mol. The first kappa shape index (κ1) is 16.7. The zero-order valence-electron chi connectivity index (χ0n) is 11.5. The number of halogens is 2. The van der Waals surface area contributed by atoms with Crippen LogP contribution in [0.1, 0.15) is 16.1 Å². The number of rotatable bonds is 5. The number of hydrogen-bond donors (Lipinski definition) is 0. The Hall–Kier alpha value is -0.660. The van der Waals surface area contributed by atoms with E-state index in [0.717, 1.165) is 10.6 Å². The first-order valence-electron chi connectivity index (χ1n) is 6.06. The molecule has 0 saturated heterocycles. The molecule has 0 spiro atoms. The maximum Gasteiger partial charge on any atom is 0.243 e. The Morgan fingerprint density at radius 1 is 1.38 bits per heavy atom. The van der Waals surface area contributed by atoms with E-state index in [1.165, 1.54) is 27.8 Å². The Labute approximate surface area is 138 Å². The summed E-state index contributed by atoms with van der Waals surface area (Å²) in [6.07, 6.45) is 0. The van der Waals surface area contributed by atoms with Crippen LogP contribution < -0.4 is 0 Å². The lowest BCUT2D eigenvalue weighted by Gasteiger charge is -2.17. The third-order valence-electron chi connectivity index (χ3n) is 3.08. The monoisotopic (exact) mass is 364 g/mol. The highest BCUT2D eigenvalue weighted by atomic mass is 35.5. The van der Waals surface area contributed by atoms with Gasteiger partial charge in [-0.15, -0.1) is 22.9 Å². The van der Waals surface area contributed by atoms with Crippen molar-refractivity contribution in [3.8, 4) is 0 Å². The van der Waals surface area contributed by atoms with E-state index in [1.54, 1.807) is 18.6 Å². The number of hydrogen-bond acceptors (Lipinski definition) is 4. The first-order valence-corrected chi connectivity index (χ1v) is 9.29. The van der Waals surface area contributed by atoms with Gasteiger partial charge in [0.2, 0.25) is 10.0 Å². The standard InChI is InChI=1S/C13H14Cl2N2O2S2/c1-9-13(20-8-16-9)7-17(2)21(18,19)11-3-4-12(15)10(5-11)6-14/h3-5,8H,6-7H2,1-2H3. The summed E-state index contributed by atoms with van der Waals surface area (Å²) in [5.41, 5.74) is 3.15. The molecular formula is C13H14Cl2N2O2S2. The molecule has 1 heterocycles. The van der Waals surface area contributed by atoms with Gasteiger partial charge >= 0.3 is 0 Å². The summed E-state index contributed by atoms with van der Waals surface area (Å²) in [5, 5.41) is 0.463. The minimum Gasteiger partial charge on any atom is -0.250 e. The maximum atomic E-state index is 12.6. The molecule has 8 heteroatoms. The van der Waals surface area contributed by atoms with Crippen molar-refractivity contribution in [3.05, 3.63) is 44.9 Å². The number of sulfonamides is 1. The molecular weight excluding hydrogens is 351 g/mol. The third kappa shape index (κ3) is 3.57. The fourth-order valence-electron chi connectivity index (χ4n) is 1.76. The molecule has 0 N–H and O–H groups in total. The van der Waals surface area contributed by atoms with Gasteiger partial charge in [-0.2, -0.15) is 4.31 Å². The van der Waals surface area contributed by atoms with Gasteiger partial charge in [0.05, 0.1) is 16.1 Å². The Kier molecular flexibility index (Phi) is 5.27. The molecule has 0 radical (unpaired) electrons. The first-order chi connectivity index (χ1) is 9.86. The summed E-state index contributed by atoms with van der Waals surface area (Å²) >= 11 is 13.2. The van der Waals surface area contributed by atoms with Crippen LogP contribution in [0.25, 0.3) is 0 Å². The van der Waals surface area contributed by atoms with Crippen LogP contribution in [0, 0.1) is 6.92 Å². The molecule has 0 amide bonds. The smallest absolute Gasteiger partial charge is 0.243 e. The van der Waals surface area contributed by atoms with E-state index in [9.17, 15) is 8.42 Å². The van der Waals surface area contributed by atoms with E-state index in [2.05, 4.69) is 4.98 Å². The van der Waals surface area contributed by atoms with Gasteiger partial charge in [0.25, 0.3) is 0 Å². The van der Waals surface area contributed by atoms with Crippen LogP contribution in [-0.2, 0) is 22.4 Å². The summed E-state index contributed by atoms with van der Waals surface area (Å²) < 4.78 is 26.4.